The number of nitrogens with one attached hydrogen (secondary N) is 1. The number of hydrogen-bond acceptors (Lipinski definition) is 3. The second kappa shape index (κ2) is 7.96. The average molecular weight is 378 g/mol. The van der Waals surface area contributed by atoms with Crippen LogP contribution in [0.25, 0.3) is 0 Å². The van der Waals surface area contributed by atoms with Crippen LogP contribution < -0.4 is 10.2 Å². The first-order valence-electron chi connectivity index (χ1n) is 10.5. The molecule has 148 valence electrons. The van der Waals surface area contributed by atoms with Gasteiger partial charge in [0.1, 0.15) is 0 Å². The third-order valence-corrected chi connectivity index (χ3v) is 6.42. The van der Waals surface area contributed by atoms with Crippen LogP contribution in [0, 0.1) is 13.8 Å². The first-order chi connectivity index (χ1) is 13.5. The zero-order valence-corrected chi connectivity index (χ0v) is 17.3. The van der Waals surface area contributed by atoms with E-state index in [1.54, 1.807) is 0 Å². The molecular weight excluding hydrogens is 346 g/mol. The van der Waals surface area contributed by atoms with Crippen molar-refractivity contribution in [2.45, 2.75) is 39.2 Å². The van der Waals surface area contributed by atoms with E-state index in [1.165, 1.54) is 35.2 Å². The summed E-state index contributed by atoms with van der Waals surface area (Å²) in [4.78, 5) is 17.6. The van der Waals surface area contributed by atoms with Crippen molar-refractivity contribution < 1.29 is 4.79 Å². The topological polar surface area (TPSA) is 35.6 Å². The predicted octanol–water partition coefficient (Wildman–Crippen LogP) is 3.86. The van der Waals surface area contributed by atoms with Crippen molar-refractivity contribution in [3.8, 4) is 0 Å². The molecule has 2 heterocycles. The number of hydrogen-bond donors (Lipinski definition) is 1. The van der Waals surface area contributed by atoms with Gasteiger partial charge in [0.05, 0.1) is 6.04 Å². The van der Waals surface area contributed by atoms with Crippen molar-refractivity contribution in [1.29, 1.82) is 0 Å². The summed E-state index contributed by atoms with van der Waals surface area (Å²) in [6.07, 6.45) is 3.60. The molecule has 0 spiro atoms. The molecule has 4 heteroatoms. The number of likely N-dealkylation sites (tertiary alicyclic amines) is 1. The zero-order valence-electron chi connectivity index (χ0n) is 17.3. The fourth-order valence-corrected chi connectivity index (χ4v) is 4.48. The Labute approximate surface area is 168 Å². The SMILES string of the molecule is Cc1ccc(C(=O)NC[C@@H](c2ccc3c(c2)CCN3C)N2CCCC2)cc1C. The molecule has 4 rings (SSSR count). The van der Waals surface area contributed by atoms with Crippen molar-refractivity contribution >= 4 is 11.6 Å². The van der Waals surface area contributed by atoms with E-state index in [4.69, 9.17) is 0 Å². The lowest BCUT2D eigenvalue weighted by molar-refractivity contribution is 0.0938. The van der Waals surface area contributed by atoms with Gasteiger partial charge in [0, 0.05) is 31.4 Å². The summed E-state index contributed by atoms with van der Waals surface area (Å²) in [7, 11) is 2.16. The monoisotopic (exact) mass is 377 g/mol. The maximum atomic E-state index is 12.8. The molecule has 1 saturated heterocycles. The van der Waals surface area contributed by atoms with Crippen molar-refractivity contribution in [2.24, 2.45) is 0 Å². The minimum atomic E-state index is 0.0215. The number of nitrogens with zero attached hydrogens (tertiary/aromatic N) is 2. The van der Waals surface area contributed by atoms with E-state index in [0.717, 1.165) is 37.2 Å². The molecule has 2 aromatic rings. The molecule has 0 saturated carbocycles. The van der Waals surface area contributed by atoms with Crippen LogP contribution in [-0.2, 0) is 6.42 Å². The predicted molar refractivity (Wildman–Crippen MR) is 115 cm³/mol. The van der Waals surface area contributed by atoms with Gasteiger partial charge in [-0.3, -0.25) is 9.69 Å². The molecule has 2 aliphatic heterocycles. The van der Waals surface area contributed by atoms with Gasteiger partial charge in [-0.1, -0.05) is 18.2 Å². The van der Waals surface area contributed by atoms with Gasteiger partial charge in [0.15, 0.2) is 0 Å². The van der Waals surface area contributed by atoms with Crippen LogP contribution in [-0.4, -0.2) is 44.0 Å². The van der Waals surface area contributed by atoms with Crippen LogP contribution in [0.5, 0.6) is 0 Å². The summed E-state index contributed by atoms with van der Waals surface area (Å²) < 4.78 is 0. The minimum absolute atomic E-state index is 0.0215. The summed E-state index contributed by atoms with van der Waals surface area (Å²) in [5.74, 6) is 0.0215. The Morgan fingerprint density at radius 3 is 2.57 bits per heavy atom. The molecule has 1 N–H and O–H groups in total. The molecule has 0 radical (unpaired) electrons. The Morgan fingerprint density at radius 1 is 1.04 bits per heavy atom. The number of benzene rings is 2. The van der Waals surface area contributed by atoms with E-state index in [2.05, 4.69) is 54.2 Å². The maximum absolute atomic E-state index is 12.8. The van der Waals surface area contributed by atoms with Crippen molar-refractivity contribution in [2.75, 3.05) is 38.1 Å². The molecule has 28 heavy (non-hydrogen) atoms. The van der Waals surface area contributed by atoms with Gasteiger partial charge in [0.2, 0.25) is 0 Å². The van der Waals surface area contributed by atoms with Crippen LogP contribution in [0.3, 0.4) is 0 Å². The van der Waals surface area contributed by atoms with Gasteiger partial charge in [-0.25, -0.2) is 0 Å². The molecule has 0 aliphatic carbocycles. The molecule has 1 atom stereocenters. The minimum Gasteiger partial charge on any atom is -0.374 e. The number of anilines is 1. The smallest absolute Gasteiger partial charge is 0.251 e. The standard InChI is InChI=1S/C24H31N3O/c1-17-6-7-21(14-18(17)2)24(28)25-16-23(27-11-4-5-12-27)19-8-9-22-20(15-19)10-13-26(22)3/h6-9,14-15,23H,4-5,10-13,16H2,1-3H3,(H,25,28)/t23-/m0/s1. The molecule has 1 fully saturated rings. The zero-order chi connectivity index (χ0) is 19.7. The molecule has 1 amide bonds. The lowest BCUT2D eigenvalue weighted by Gasteiger charge is -2.29. The van der Waals surface area contributed by atoms with E-state index in [-0.39, 0.29) is 11.9 Å². The third kappa shape index (κ3) is 3.79. The van der Waals surface area contributed by atoms with Crippen LogP contribution in [0.2, 0.25) is 0 Å². The molecule has 2 aliphatic rings. The van der Waals surface area contributed by atoms with Crippen LogP contribution in [0.1, 0.15) is 51.5 Å². The van der Waals surface area contributed by atoms with E-state index in [0.29, 0.717) is 6.54 Å². The maximum Gasteiger partial charge on any atom is 0.251 e. The van der Waals surface area contributed by atoms with Gasteiger partial charge < -0.3 is 10.2 Å². The third-order valence-electron chi connectivity index (χ3n) is 6.42. The number of carbonyl (C=O) groups is 1. The van der Waals surface area contributed by atoms with Crippen LogP contribution >= 0.6 is 0 Å². The second-order valence-corrected chi connectivity index (χ2v) is 8.33. The quantitative estimate of drug-likeness (QED) is 0.859. The van der Waals surface area contributed by atoms with Crippen LogP contribution in [0.4, 0.5) is 5.69 Å². The van der Waals surface area contributed by atoms with E-state index >= 15 is 0 Å². The Hall–Kier alpha value is -2.33. The average Bonchev–Trinajstić information content (AvgIpc) is 3.34. The molecule has 2 aromatic carbocycles. The number of aryl methyl sites for hydroxylation is 2. The van der Waals surface area contributed by atoms with Gasteiger partial charge in [-0.15, -0.1) is 0 Å². The molecule has 0 unspecified atom stereocenters. The summed E-state index contributed by atoms with van der Waals surface area (Å²) >= 11 is 0. The molecular formula is C24H31N3O. The number of fused-ring (bicyclic) bond motifs is 1. The Balaban J connectivity index is 1.52. The Kier molecular flexibility index (Phi) is 5.40. The highest BCUT2D eigenvalue weighted by atomic mass is 16.1. The number of rotatable bonds is 5. The summed E-state index contributed by atoms with van der Waals surface area (Å²) in [5.41, 5.74) is 7.24. The number of likely N-dealkylation sites (N-methyl/N-ethyl adjacent to an activating group) is 1. The fourth-order valence-electron chi connectivity index (χ4n) is 4.48. The first kappa shape index (κ1) is 19.0. The molecule has 0 bridgehead atoms. The van der Waals surface area contributed by atoms with Crippen LogP contribution in [0.15, 0.2) is 36.4 Å². The second-order valence-electron chi connectivity index (χ2n) is 8.33. The van der Waals surface area contributed by atoms with E-state index < -0.39 is 0 Å². The summed E-state index contributed by atoms with van der Waals surface area (Å²) in [5, 5.41) is 3.21. The van der Waals surface area contributed by atoms with E-state index in [9.17, 15) is 4.79 Å². The summed E-state index contributed by atoms with van der Waals surface area (Å²) in [6, 6.07) is 13.1. The van der Waals surface area contributed by atoms with Crippen molar-refractivity contribution in [1.82, 2.24) is 10.2 Å². The van der Waals surface area contributed by atoms with Gasteiger partial charge in [0.25, 0.3) is 5.91 Å². The highest BCUT2D eigenvalue weighted by Crippen LogP contribution is 2.32. The first-order valence-corrected chi connectivity index (χ1v) is 10.5. The van der Waals surface area contributed by atoms with Gasteiger partial charge >= 0.3 is 0 Å². The van der Waals surface area contributed by atoms with Gasteiger partial charge in [-0.05, 0) is 86.7 Å². The number of carbonyl (C=O) groups excluding carboxylic acids is 1. The molecule has 4 nitrogen and oxygen atoms in total. The Bertz CT molecular complexity index is 870. The highest BCUT2D eigenvalue weighted by Gasteiger charge is 2.26. The fraction of sp³-hybridized carbons (Fsp3) is 0.458. The largest absolute Gasteiger partial charge is 0.374 e. The number of amides is 1. The lowest BCUT2D eigenvalue weighted by atomic mass is 10.0. The highest BCUT2D eigenvalue weighted by molar-refractivity contribution is 5.94. The Morgan fingerprint density at radius 2 is 1.82 bits per heavy atom. The van der Waals surface area contributed by atoms with Crippen molar-refractivity contribution in [3.63, 3.8) is 0 Å². The van der Waals surface area contributed by atoms with Gasteiger partial charge in [-0.2, -0.15) is 0 Å². The van der Waals surface area contributed by atoms with E-state index in [1.807, 2.05) is 18.2 Å². The lowest BCUT2D eigenvalue weighted by Crippen LogP contribution is -2.36. The normalized spacial score (nSPS) is 17.6. The molecule has 0 aromatic heterocycles. The summed E-state index contributed by atoms with van der Waals surface area (Å²) in [6.45, 7) is 8.10. The van der Waals surface area contributed by atoms with Crippen molar-refractivity contribution in [3.05, 3.63) is 64.2 Å².